The highest BCUT2D eigenvalue weighted by Crippen LogP contribution is 2.31. The Hall–Kier alpha value is -3.07. The molecule has 24 heavy (non-hydrogen) atoms. The quantitative estimate of drug-likeness (QED) is 0.741. The fourth-order valence-electron chi connectivity index (χ4n) is 2.53. The summed E-state index contributed by atoms with van der Waals surface area (Å²) in [5.41, 5.74) is 4.56. The number of nitrogens with one attached hydrogen (secondary N) is 1. The van der Waals surface area contributed by atoms with Crippen LogP contribution in [0, 0.1) is 6.92 Å². The normalized spacial score (nSPS) is 10.2. The van der Waals surface area contributed by atoms with Gasteiger partial charge in [0.05, 0.1) is 7.11 Å². The van der Waals surface area contributed by atoms with E-state index in [1.54, 1.807) is 13.2 Å². The molecule has 3 aromatic carbocycles. The molecule has 1 N–H and O–H groups in total. The third-order valence-corrected chi connectivity index (χ3v) is 3.86. The Kier molecular flexibility index (Phi) is 4.62. The summed E-state index contributed by atoms with van der Waals surface area (Å²) in [6.07, 6.45) is 0. The number of methoxy groups -OCH3 is 1. The summed E-state index contributed by atoms with van der Waals surface area (Å²) >= 11 is 0. The summed E-state index contributed by atoms with van der Waals surface area (Å²) in [5.74, 6) is 0.523. The molecule has 0 atom stereocenters. The molecule has 0 saturated carbocycles. The van der Waals surface area contributed by atoms with E-state index in [0.29, 0.717) is 11.3 Å². The molecule has 0 saturated heterocycles. The molecule has 3 nitrogen and oxygen atoms in total. The third kappa shape index (κ3) is 3.46. The molecular formula is C21H19NO2. The van der Waals surface area contributed by atoms with Crippen LogP contribution in [0.3, 0.4) is 0 Å². The summed E-state index contributed by atoms with van der Waals surface area (Å²) in [7, 11) is 1.62. The zero-order valence-corrected chi connectivity index (χ0v) is 13.7. The first-order valence-corrected chi connectivity index (χ1v) is 7.79. The van der Waals surface area contributed by atoms with Gasteiger partial charge < -0.3 is 10.1 Å². The zero-order valence-electron chi connectivity index (χ0n) is 13.7. The van der Waals surface area contributed by atoms with Gasteiger partial charge in [-0.15, -0.1) is 0 Å². The van der Waals surface area contributed by atoms with Crippen molar-refractivity contribution in [3.8, 4) is 16.9 Å². The molecule has 120 valence electrons. The lowest BCUT2D eigenvalue weighted by Crippen LogP contribution is -2.11. The van der Waals surface area contributed by atoms with Crippen molar-refractivity contribution in [1.29, 1.82) is 0 Å². The van der Waals surface area contributed by atoms with Crippen molar-refractivity contribution < 1.29 is 9.53 Å². The highest BCUT2D eigenvalue weighted by Gasteiger charge is 2.12. The molecule has 0 aliphatic carbocycles. The van der Waals surface area contributed by atoms with Gasteiger partial charge in [0, 0.05) is 16.8 Å². The molecule has 3 heteroatoms. The molecule has 0 fully saturated rings. The number of anilines is 1. The van der Waals surface area contributed by atoms with Crippen molar-refractivity contribution in [1.82, 2.24) is 0 Å². The predicted molar refractivity (Wildman–Crippen MR) is 97.6 cm³/mol. The number of para-hydroxylation sites is 1. The van der Waals surface area contributed by atoms with E-state index in [1.807, 2.05) is 42.5 Å². The molecule has 0 radical (unpaired) electrons. The fourth-order valence-corrected chi connectivity index (χ4v) is 2.53. The molecule has 0 aliphatic rings. The van der Waals surface area contributed by atoms with E-state index in [1.165, 1.54) is 5.56 Å². The van der Waals surface area contributed by atoms with Crippen LogP contribution in [0.4, 0.5) is 5.69 Å². The second kappa shape index (κ2) is 7.01. The number of amides is 1. The molecule has 3 aromatic rings. The number of carbonyl (C=O) groups is 1. The van der Waals surface area contributed by atoms with Crippen molar-refractivity contribution in [3.05, 3.63) is 83.9 Å². The van der Waals surface area contributed by atoms with Gasteiger partial charge in [0.1, 0.15) is 5.75 Å². The lowest BCUT2D eigenvalue weighted by molar-refractivity contribution is 0.102. The van der Waals surface area contributed by atoms with Gasteiger partial charge in [-0.1, -0.05) is 48.0 Å². The van der Waals surface area contributed by atoms with Crippen LogP contribution in [0.25, 0.3) is 11.1 Å². The van der Waals surface area contributed by atoms with Crippen LogP contribution >= 0.6 is 0 Å². The van der Waals surface area contributed by atoms with E-state index >= 15 is 0 Å². The summed E-state index contributed by atoms with van der Waals surface area (Å²) in [6.45, 7) is 2.05. The van der Waals surface area contributed by atoms with E-state index < -0.39 is 0 Å². The van der Waals surface area contributed by atoms with Crippen molar-refractivity contribution >= 4 is 11.6 Å². The second-order valence-corrected chi connectivity index (χ2v) is 5.60. The fraction of sp³-hybridized carbons (Fsp3) is 0.0952. The number of carbonyl (C=O) groups excluding carboxylic acids is 1. The second-order valence-electron chi connectivity index (χ2n) is 5.60. The van der Waals surface area contributed by atoms with Gasteiger partial charge >= 0.3 is 0 Å². The van der Waals surface area contributed by atoms with Crippen molar-refractivity contribution in [2.75, 3.05) is 12.4 Å². The first-order chi connectivity index (χ1) is 11.7. The summed E-state index contributed by atoms with van der Waals surface area (Å²) in [5, 5.41) is 2.88. The highest BCUT2D eigenvalue weighted by molar-refractivity contribution is 6.05. The Morgan fingerprint density at radius 2 is 1.62 bits per heavy atom. The highest BCUT2D eigenvalue weighted by atomic mass is 16.5. The van der Waals surface area contributed by atoms with Crippen molar-refractivity contribution in [2.24, 2.45) is 0 Å². The maximum atomic E-state index is 12.4. The van der Waals surface area contributed by atoms with Gasteiger partial charge in [0.25, 0.3) is 5.91 Å². The molecule has 0 bridgehead atoms. The van der Waals surface area contributed by atoms with Crippen LogP contribution in [-0.4, -0.2) is 13.0 Å². The molecule has 0 aliphatic heterocycles. The average Bonchev–Trinajstić information content (AvgIpc) is 2.62. The topological polar surface area (TPSA) is 38.3 Å². The van der Waals surface area contributed by atoms with E-state index in [-0.39, 0.29) is 5.91 Å². The van der Waals surface area contributed by atoms with E-state index in [4.69, 9.17) is 4.74 Å². The number of benzene rings is 3. The van der Waals surface area contributed by atoms with Crippen LogP contribution in [0.15, 0.2) is 72.8 Å². The smallest absolute Gasteiger partial charge is 0.255 e. The molecular weight excluding hydrogens is 298 g/mol. The number of hydrogen-bond acceptors (Lipinski definition) is 2. The number of hydrogen-bond donors (Lipinski definition) is 1. The molecule has 0 unspecified atom stereocenters. The van der Waals surface area contributed by atoms with Crippen LogP contribution in [0.2, 0.25) is 0 Å². The van der Waals surface area contributed by atoms with Gasteiger partial charge in [0.2, 0.25) is 0 Å². The maximum absolute atomic E-state index is 12.4. The third-order valence-electron chi connectivity index (χ3n) is 3.86. The summed E-state index contributed by atoms with van der Waals surface area (Å²) in [6, 6.07) is 23.1. The maximum Gasteiger partial charge on any atom is 0.255 e. The molecule has 1 amide bonds. The molecule has 0 heterocycles. The lowest BCUT2D eigenvalue weighted by atomic mass is 10.0. The zero-order chi connectivity index (χ0) is 16.9. The van der Waals surface area contributed by atoms with Crippen molar-refractivity contribution in [3.63, 3.8) is 0 Å². The minimum absolute atomic E-state index is 0.157. The Morgan fingerprint density at radius 3 is 2.29 bits per heavy atom. The Bertz CT molecular complexity index is 839. The van der Waals surface area contributed by atoms with Crippen LogP contribution in [0.1, 0.15) is 15.9 Å². The monoisotopic (exact) mass is 317 g/mol. The summed E-state index contributed by atoms with van der Waals surface area (Å²) in [4.78, 5) is 12.4. The van der Waals surface area contributed by atoms with Crippen LogP contribution in [0.5, 0.6) is 5.75 Å². The minimum Gasteiger partial charge on any atom is -0.496 e. The number of rotatable bonds is 4. The van der Waals surface area contributed by atoms with E-state index in [9.17, 15) is 4.79 Å². The van der Waals surface area contributed by atoms with E-state index in [2.05, 4.69) is 36.5 Å². The summed E-state index contributed by atoms with van der Waals surface area (Å²) < 4.78 is 5.49. The van der Waals surface area contributed by atoms with E-state index in [0.717, 1.165) is 16.8 Å². The minimum atomic E-state index is -0.157. The van der Waals surface area contributed by atoms with Gasteiger partial charge in [-0.3, -0.25) is 4.79 Å². The number of aryl methyl sites for hydroxylation is 1. The first kappa shape index (κ1) is 15.8. The van der Waals surface area contributed by atoms with Crippen molar-refractivity contribution in [2.45, 2.75) is 6.92 Å². The Labute approximate surface area is 141 Å². The standard InChI is InChI=1S/C21H19NO2/c1-15-8-10-16(11-9-15)19-13-12-17(14-20(19)24-2)21(23)22-18-6-4-3-5-7-18/h3-14H,1-2H3,(H,22,23). The van der Waals surface area contributed by atoms with Crippen LogP contribution < -0.4 is 10.1 Å². The van der Waals surface area contributed by atoms with Gasteiger partial charge in [0.15, 0.2) is 0 Å². The Balaban J connectivity index is 1.88. The SMILES string of the molecule is COc1cc(C(=O)Nc2ccccc2)ccc1-c1ccc(C)cc1. The lowest BCUT2D eigenvalue weighted by Gasteiger charge is -2.11. The van der Waals surface area contributed by atoms with Gasteiger partial charge in [-0.05, 0) is 42.8 Å². The molecule has 3 rings (SSSR count). The van der Waals surface area contributed by atoms with Gasteiger partial charge in [-0.25, -0.2) is 0 Å². The molecule has 0 spiro atoms. The number of ether oxygens (including phenoxy) is 1. The Morgan fingerprint density at radius 1 is 0.917 bits per heavy atom. The van der Waals surface area contributed by atoms with Crippen LogP contribution in [-0.2, 0) is 0 Å². The largest absolute Gasteiger partial charge is 0.496 e. The predicted octanol–water partition coefficient (Wildman–Crippen LogP) is 4.92. The first-order valence-electron chi connectivity index (χ1n) is 7.79. The average molecular weight is 317 g/mol. The molecule has 0 aromatic heterocycles. The van der Waals surface area contributed by atoms with Gasteiger partial charge in [-0.2, -0.15) is 0 Å².